The summed E-state index contributed by atoms with van der Waals surface area (Å²) in [4.78, 5) is 16.1. The second-order valence-electron chi connectivity index (χ2n) is 6.65. The molecule has 7 heteroatoms. The van der Waals surface area contributed by atoms with Gasteiger partial charge in [-0.2, -0.15) is 0 Å². The third-order valence-electron chi connectivity index (χ3n) is 4.62. The zero-order valence-electron chi connectivity index (χ0n) is 14.5. The van der Waals surface area contributed by atoms with E-state index in [9.17, 15) is 4.79 Å². The lowest BCUT2D eigenvalue weighted by molar-refractivity contribution is -0.116. The van der Waals surface area contributed by atoms with Gasteiger partial charge in [-0.05, 0) is 38.3 Å². The van der Waals surface area contributed by atoms with Crippen molar-refractivity contribution in [2.24, 2.45) is 0 Å². The Hall–Kier alpha value is -1.47. The van der Waals surface area contributed by atoms with Crippen LogP contribution in [-0.4, -0.2) is 38.2 Å². The summed E-state index contributed by atoms with van der Waals surface area (Å²) in [5.74, 6) is 1.50. The normalized spacial score (nSPS) is 20.2. The van der Waals surface area contributed by atoms with Crippen LogP contribution < -0.4 is 4.90 Å². The quantitative estimate of drug-likeness (QED) is 0.759. The van der Waals surface area contributed by atoms with Gasteiger partial charge in [-0.15, -0.1) is 22.0 Å². The number of rotatable bonds is 4. The van der Waals surface area contributed by atoms with Gasteiger partial charge in [0.1, 0.15) is 5.82 Å². The maximum atomic E-state index is 12.9. The molecule has 0 bridgehead atoms. The van der Waals surface area contributed by atoms with Crippen LogP contribution in [0.3, 0.4) is 0 Å². The number of aryl methyl sites for hydroxylation is 1. The standard InChI is InChI=1S/C18H22N4OS2/c1-12-9-10-21(15-5-3-4-6-16(15)25-12)17(23)11-24-18-20-19-13(2)22(18)14-7-8-14/h3-6,12,14H,7-11H2,1-2H3. The summed E-state index contributed by atoms with van der Waals surface area (Å²) >= 11 is 3.37. The van der Waals surface area contributed by atoms with Gasteiger partial charge < -0.3 is 9.47 Å². The lowest BCUT2D eigenvalue weighted by Crippen LogP contribution is -2.33. The molecule has 0 spiro atoms. The first-order chi connectivity index (χ1) is 12.1. The highest BCUT2D eigenvalue weighted by molar-refractivity contribution is 8.00. The number of carbonyl (C=O) groups is 1. The van der Waals surface area contributed by atoms with E-state index in [0.29, 0.717) is 17.0 Å². The Bertz CT molecular complexity index is 787. The maximum Gasteiger partial charge on any atom is 0.237 e. The number of anilines is 1. The number of para-hydroxylation sites is 1. The van der Waals surface area contributed by atoms with Gasteiger partial charge in [-0.3, -0.25) is 4.79 Å². The molecule has 2 heterocycles. The average Bonchev–Trinajstić information content (AvgIpc) is 3.39. The molecule has 132 valence electrons. The fraction of sp³-hybridized carbons (Fsp3) is 0.500. The predicted octanol–water partition coefficient (Wildman–Crippen LogP) is 3.93. The SMILES string of the molecule is Cc1nnc(SCC(=O)N2CCC(C)Sc3ccccc32)n1C1CC1. The van der Waals surface area contributed by atoms with E-state index in [1.165, 1.54) is 29.5 Å². The molecule has 1 fully saturated rings. The number of nitrogens with zero attached hydrogens (tertiary/aromatic N) is 4. The highest BCUT2D eigenvalue weighted by Gasteiger charge is 2.29. The minimum atomic E-state index is 0.148. The summed E-state index contributed by atoms with van der Waals surface area (Å²) in [6, 6.07) is 8.75. The van der Waals surface area contributed by atoms with Crippen molar-refractivity contribution in [3.8, 4) is 0 Å². The zero-order valence-corrected chi connectivity index (χ0v) is 16.1. The Labute approximate surface area is 156 Å². The molecule has 1 aromatic carbocycles. The topological polar surface area (TPSA) is 51.0 Å². The monoisotopic (exact) mass is 374 g/mol. The van der Waals surface area contributed by atoms with Crippen LogP contribution >= 0.6 is 23.5 Å². The lowest BCUT2D eigenvalue weighted by Gasteiger charge is -2.22. The van der Waals surface area contributed by atoms with E-state index in [1.807, 2.05) is 35.7 Å². The van der Waals surface area contributed by atoms with Crippen LogP contribution in [0.25, 0.3) is 0 Å². The largest absolute Gasteiger partial charge is 0.311 e. The number of hydrogen-bond acceptors (Lipinski definition) is 5. The third kappa shape index (κ3) is 3.58. The van der Waals surface area contributed by atoms with Gasteiger partial charge >= 0.3 is 0 Å². The molecule has 1 aliphatic heterocycles. The number of aromatic nitrogens is 3. The Morgan fingerprint density at radius 1 is 1.28 bits per heavy atom. The van der Waals surface area contributed by atoms with Gasteiger partial charge in [0, 0.05) is 22.7 Å². The molecule has 0 radical (unpaired) electrons. The number of carbonyl (C=O) groups excluding carboxylic acids is 1. The Kier molecular flexibility index (Phi) is 4.78. The molecule has 2 aliphatic rings. The fourth-order valence-electron chi connectivity index (χ4n) is 3.15. The summed E-state index contributed by atoms with van der Waals surface area (Å²) in [7, 11) is 0. The van der Waals surface area contributed by atoms with Gasteiger partial charge in [0.2, 0.25) is 5.91 Å². The number of benzene rings is 1. The molecule has 1 amide bonds. The second-order valence-corrected chi connectivity index (χ2v) is 9.07. The van der Waals surface area contributed by atoms with Crippen molar-refractivity contribution < 1.29 is 4.79 Å². The van der Waals surface area contributed by atoms with Gasteiger partial charge in [-0.1, -0.05) is 30.8 Å². The molecule has 1 aromatic heterocycles. The molecule has 1 atom stereocenters. The Balaban J connectivity index is 1.50. The number of amides is 1. The van der Waals surface area contributed by atoms with Crippen LogP contribution in [0.1, 0.15) is 38.1 Å². The van der Waals surface area contributed by atoms with Crippen molar-refractivity contribution >= 4 is 35.1 Å². The first-order valence-corrected chi connectivity index (χ1v) is 10.6. The average molecular weight is 375 g/mol. The first-order valence-electron chi connectivity index (χ1n) is 8.74. The van der Waals surface area contributed by atoms with Crippen LogP contribution in [0.2, 0.25) is 0 Å². The fourth-order valence-corrected chi connectivity index (χ4v) is 5.19. The lowest BCUT2D eigenvalue weighted by atomic mass is 10.2. The molecule has 25 heavy (non-hydrogen) atoms. The summed E-state index contributed by atoms with van der Waals surface area (Å²) < 4.78 is 2.19. The molecule has 0 N–H and O–H groups in total. The highest BCUT2D eigenvalue weighted by Crippen LogP contribution is 2.39. The molecule has 1 aliphatic carbocycles. The summed E-state index contributed by atoms with van der Waals surface area (Å²) in [5, 5.41) is 9.86. The van der Waals surface area contributed by atoms with E-state index in [-0.39, 0.29) is 5.91 Å². The van der Waals surface area contributed by atoms with Gasteiger partial charge in [0.05, 0.1) is 11.4 Å². The highest BCUT2D eigenvalue weighted by atomic mass is 32.2. The maximum absolute atomic E-state index is 12.9. The van der Waals surface area contributed by atoms with E-state index >= 15 is 0 Å². The van der Waals surface area contributed by atoms with Gasteiger partial charge in [0.15, 0.2) is 5.16 Å². The number of hydrogen-bond donors (Lipinski definition) is 0. The molecular weight excluding hydrogens is 352 g/mol. The van der Waals surface area contributed by atoms with Crippen molar-refractivity contribution in [3.63, 3.8) is 0 Å². The minimum absolute atomic E-state index is 0.148. The van der Waals surface area contributed by atoms with Crippen molar-refractivity contribution in [2.75, 3.05) is 17.2 Å². The van der Waals surface area contributed by atoms with Crippen LogP contribution in [0.15, 0.2) is 34.3 Å². The molecule has 1 unspecified atom stereocenters. The summed E-state index contributed by atoms with van der Waals surface area (Å²) in [6.45, 7) is 4.99. The van der Waals surface area contributed by atoms with Crippen LogP contribution in [0.4, 0.5) is 5.69 Å². The molecular formula is C18H22N4OS2. The van der Waals surface area contributed by atoms with E-state index < -0.39 is 0 Å². The molecule has 5 nitrogen and oxygen atoms in total. The van der Waals surface area contributed by atoms with Gasteiger partial charge in [-0.25, -0.2) is 0 Å². The summed E-state index contributed by atoms with van der Waals surface area (Å²) in [5.41, 5.74) is 1.04. The van der Waals surface area contributed by atoms with Gasteiger partial charge in [0.25, 0.3) is 0 Å². The molecule has 1 saturated carbocycles. The number of fused-ring (bicyclic) bond motifs is 1. The van der Waals surface area contributed by atoms with E-state index in [2.05, 4.69) is 33.8 Å². The smallest absolute Gasteiger partial charge is 0.237 e. The van der Waals surface area contributed by atoms with E-state index in [4.69, 9.17) is 0 Å². The summed E-state index contributed by atoms with van der Waals surface area (Å²) in [6.07, 6.45) is 3.39. The Morgan fingerprint density at radius 3 is 2.88 bits per heavy atom. The molecule has 4 rings (SSSR count). The molecule has 0 saturated heterocycles. The predicted molar refractivity (Wildman–Crippen MR) is 102 cm³/mol. The van der Waals surface area contributed by atoms with Crippen molar-refractivity contribution in [3.05, 3.63) is 30.1 Å². The van der Waals surface area contributed by atoms with Crippen LogP contribution in [0, 0.1) is 6.92 Å². The van der Waals surface area contributed by atoms with Crippen molar-refractivity contribution in [2.45, 2.75) is 54.5 Å². The third-order valence-corrected chi connectivity index (χ3v) is 6.78. The number of thioether (sulfide) groups is 2. The van der Waals surface area contributed by atoms with Crippen LogP contribution in [0.5, 0.6) is 0 Å². The van der Waals surface area contributed by atoms with Crippen LogP contribution in [-0.2, 0) is 4.79 Å². The molecule has 2 aromatic rings. The van der Waals surface area contributed by atoms with Crippen molar-refractivity contribution in [1.29, 1.82) is 0 Å². The minimum Gasteiger partial charge on any atom is -0.311 e. The Morgan fingerprint density at radius 2 is 2.08 bits per heavy atom. The van der Waals surface area contributed by atoms with E-state index in [0.717, 1.165) is 29.6 Å². The van der Waals surface area contributed by atoms with Crippen molar-refractivity contribution in [1.82, 2.24) is 14.8 Å². The zero-order chi connectivity index (χ0) is 17.4. The van der Waals surface area contributed by atoms with E-state index in [1.54, 1.807) is 0 Å². The second kappa shape index (κ2) is 7.03. The first kappa shape index (κ1) is 17.0.